The molecular weight excluding hydrogens is 452 g/mol. The third-order valence-corrected chi connectivity index (χ3v) is 5.93. The van der Waals surface area contributed by atoms with Crippen LogP contribution in [0.2, 0.25) is 0 Å². The lowest BCUT2D eigenvalue weighted by Crippen LogP contribution is -2.44. The molecule has 36 heavy (non-hydrogen) atoms. The first-order valence-electron chi connectivity index (χ1n) is 11.8. The number of carbonyl (C=O) groups excluding carboxylic acids is 1. The Morgan fingerprint density at radius 2 is 1.78 bits per heavy atom. The fraction of sp³-hybridized carbons (Fsp3) is 0.214. The molecule has 0 aliphatic heterocycles. The number of pyridine rings is 1. The summed E-state index contributed by atoms with van der Waals surface area (Å²) in [6.45, 7) is 2.26. The van der Waals surface area contributed by atoms with E-state index in [1.54, 1.807) is 19.4 Å². The number of carbonyl (C=O) groups is 1. The zero-order valence-corrected chi connectivity index (χ0v) is 20.4. The summed E-state index contributed by atoms with van der Waals surface area (Å²) in [4.78, 5) is 34.7. The van der Waals surface area contributed by atoms with Gasteiger partial charge in [-0.25, -0.2) is 4.98 Å². The number of amides is 1. The predicted octanol–water partition coefficient (Wildman–Crippen LogP) is 2.92. The number of nitrogens with one attached hydrogen (secondary N) is 2. The molecule has 4 N–H and O–H groups in total. The average Bonchev–Trinajstić information content (AvgIpc) is 2.90. The van der Waals surface area contributed by atoms with Crippen molar-refractivity contribution in [3.63, 3.8) is 0 Å². The van der Waals surface area contributed by atoms with E-state index in [4.69, 9.17) is 10.7 Å². The van der Waals surface area contributed by atoms with Gasteiger partial charge in [-0.3, -0.25) is 19.1 Å². The Kier molecular flexibility index (Phi) is 7.87. The molecule has 0 unspecified atom stereocenters. The minimum atomic E-state index is -0.249. The average molecular weight is 483 g/mol. The number of hydrogen-bond donors (Lipinski definition) is 3. The molecule has 4 aromatic rings. The van der Waals surface area contributed by atoms with Gasteiger partial charge in [0.15, 0.2) is 0 Å². The quantitative estimate of drug-likeness (QED) is 0.338. The monoisotopic (exact) mass is 482 g/mol. The van der Waals surface area contributed by atoms with Crippen molar-refractivity contribution in [2.45, 2.75) is 19.4 Å². The Morgan fingerprint density at radius 1 is 1.03 bits per heavy atom. The van der Waals surface area contributed by atoms with Crippen LogP contribution in [0.25, 0.3) is 22.4 Å². The number of aryl methyl sites for hydroxylation is 1. The highest BCUT2D eigenvalue weighted by Crippen LogP contribution is 2.29. The molecule has 0 bridgehead atoms. The van der Waals surface area contributed by atoms with Crippen molar-refractivity contribution in [3.05, 3.63) is 101 Å². The number of anilines is 1. The van der Waals surface area contributed by atoms with Gasteiger partial charge in [-0.15, -0.1) is 0 Å². The number of aromatic nitrogens is 3. The fourth-order valence-electron chi connectivity index (χ4n) is 4.11. The third-order valence-electron chi connectivity index (χ3n) is 5.93. The van der Waals surface area contributed by atoms with E-state index >= 15 is 0 Å². The molecule has 0 saturated heterocycles. The number of nitrogens with two attached hydrogens (primary N) is 1. The van der Waals surface area contributed by atoms with Crippen LogP contribution in [0.4, 0.5) is 5.95 Å². The van der Waals surface area contributed by atoms with E-state index in [9.17, 15) is 9.59 Å². The second kappa shape index (κ2) is 11.4. The molecular formula is C28H30N6O2. The first-order valence-corrected chi connectivity index (χ1v) is 11.8. The number of rotatable bonds is 9. The first kappa shape index (κ1) is 24.8. The van der Waals surface area contributed by atoms with Crippen molar-refractivity contribution < 1.29 is 4.79 Å². The smallest absolute Gasteiger partial charge is 0.263 e. The molecule has 2 aromatic heterocycles. The summed E-state index contributed by atoms with van der Waals surface area (Å²) in [5.41, 5.74) is 10.2. The molecule has 184 valence electrons. The van der Waals surface area contributed by atoms with Crippen LogP contribution < -0.4 is 21.9 Å². The molecule has 2 heterocycles. The Balaban J connectivity index is 1.71. The maximum Gasteiger partial charge on any atom is 0.263 e. The van der Waals surface area contributed by atoms with Gasteiger partial charge in [0.25, 0.3) is 5.56 Å². The van der Waals surface area contributed by atoms with Gasteiger partial charge in [0.05, 0.1) is 23.8 Å². The van der Waals surface area contributed by atoms with Crippen LogP contribution in [0.3, 0.4) is 0 Å². The SMILES string of the molecule is Cc1cccc(-c2c(-c3ccncc3)nc(NC[C@H](Cc3ccccc3)NC(=O)CN)n(C)c2=O)c1. The summed E-state index contributed by atoms with van der Waals surface area (Å²) in [6, 6.07) is 21.1. The van der Waals surface area contributed by atoms with E-state index in [0.29, 0.717) is 30.2 Å². The fourth-order valence-corrected chi connectivity index (χ4v) is 4.11. The second-order valence-electron chi connectivity index (χ2n) is 8.67. The van der Waals surface area contributed by atoms with Gasteiger partial charge >= 0.3 is 0 Å². The molecule has 8 nitrogen and oxygen atoms in total. The van der Waals surface area contributed by atoms with E-state index in [1.165, 1.54) is 4.57 Å². The molecule has 0 spiro atoms. The molecule has 8 heteroatoms. The summed E-state index contributed by atoms with van der Waals surface area (Å²) in [7, 11) is 1.69. The van der Waals surface area contributed by atoms with Crippen molar-refractivity contribution in [1.29, 1.82) is 0 Å². The van der Waals surface area contributed by atoms with Crippen LogP contribution in [0.1, 0.15) is 11.1 Å². The van der Waals surface area contributed by atoms with Crippen molar-refractivity contribution in [2.75, 3.05) is 18.4 Å². The van der Waals surface area contributed by atoms with Gasteiger partial charge in [0, 0.05) is 31.5 Å². The third kappa shape index (κ3) is 5.84. The predicted molar refractivity (Wildman–Crippen MR) is 143 cm³/mol. The highest BCUT2D eigenvalue weighted by atomic mass is 16.2. The van der Waals surface area contributed by atoms with E-state index in [2.05, 4.69) is 15.6 Å². The number of benzene rings is 2. The molecule has 0 saturated carbocycles. The van der Waals surface area contributed by atoms with Gasteiger partial charge < -0.3 is 16.4 Å². The minimum Gasteiger partial charge on any atom is -0.353 e. The summed E-state index contributed by atoms with van der Waals surface area (Å²) >= 11 is 0. The van der Waals surface area contributed by atoms with Crippen molar-refractivity contribution in [1.82, 2.24) is 19.9 Å². The summed E-state index contributed by atoms with van der Waals surface area (Å²) in [5, 5.41) is 6.24. The Bertz CT molecular complexity index is 1390. The van der Waals surface area contributed by atoms with Crippen LogP contribution in [0.15, 0.2) is 83.9 Å². The number of nitrogens with zero attached hydrogens (tertiary/aromatic N) is 3. The van der Waals surface area contributed by atoms with Crippen LogP contribution in [0, 0.1) is 6.92 Å². The summed E-state index contributed by atoms with van der Waals surface area (Å²) in [6.07, 6.45) is 3.96. The van der Waals surface area contributed by atoms with E-state index < -0.39 is 0 Å². The number of hydrogen-bond acceptors (Lipinski definition) is 6. The molecule has 0 radical (unpaired) electrons. The topological polar surface area (TPSA) is 115 Å². The molecule has 0 aliphatic carbocycles. The van der Waals surface area contributed by atoms with Gasteiger partial charge in [-0.05, 0) is 36.6 Å². The Morgan fingerprint density at radius 3 is 2.47 bits per heavy atom. The lowest BCUT2D eigenvalue weighted by atomic mass is 9.99. The van der Waals surface area contributed by atoms with Gasteiger partial charge in [0.1, 0.15) is 0 Å². The van der Waals surface area contributed by atoms with E-state index in [-0.39, 0.29) is 24.1 Å². The molecule has 0 aliphatic rings. The normalized spacial score (nSPS) is 11.6. The van der Waals surface area contributed by atoms with Gasteiger partial charge in [0.2, 0.25) is 11.9 Å². The van der Waals surface area contributed by atoms with Crippen LogP contribution >= 0.6 is 0 Å². The largest absolute Gasteiger partial charge is 0.353 e. The highest BCUT2D eigenvalue weighted by Gasteiger charge is 2.19. The minimum absolute atomic E-state index is 0.0978. The second-order valence-corrected chi connectivity index (χ2v) is 8.67. The van der Waals surface area contributed by atoms with Crippen molar-refractivity contribution in [2.24, 2.45) is 12.8 Å². The zero-order chi connectivity index (χ0) is 25.5. The maximum atomic E-state index is 13.6. The molecule has 1 amide bonds. The molecule has 1 atom stereocenters. The molecule has 0 fully saturated rings. The van der Waals surface area contributed by atoms with E-state index in [0.717, 1.165) is 22.3 Å². The van der Waals surface area contributed by atoms with Crippen molar-refractivity contribution >= 4 is 11.9 Å². The Labute approximate surface area is 210 Å². The lowest BCUT2D eigenvalue weighted by Gasteiger charge is -2.21. The van der Waals surface area contributed by atoms with Gasteiger partial charge in [-0.2, -0.15) is 0 Å². The summed E-state index contributed by atoms with van der Waals surface area (Å²) in [5.74, 6) is 0.162. The summed E-state index contributed by atoms with van der Waals surface area (Å²) < 4.78 is 1.51. The lowest BCUT2D eigenvalue weighted by molar-refractivity contribution is -0.120. The van der Waals surface area contributed by atoms with Crippen LogP contribution in [-0.4, -0.2) is 39.6 Å². The van der Waals surface area contributed by atoms with Crippen LogP contribution in [0.5, 0.6) is 0 Å². The molecule has 2 aromatic carbocycles. The van der Waals surface area contributed by atoms with Gasteiger partial charge in [-0.1, -0.05) is 60.2 Å². The van der Waals surface area contributed by atoms with Crippen molar-refractivity contribution in [3.8, 4) is 22.4 Å². The van der Waals surface area contributed by atoms with E-state index in [1.807, 2.05) is 73.7 Å². The zero-order valence-electron chi connectivity index (χ0n) is 20.4. The first-order chi connectivity index (χ1) is 17.5. The molecule has 4 rings (SSSR count). The highest BCUT2D eigenvalue weighted by molar-refractivity contribution is 5.81. The standard InChI is InChI=1S/C28H30N6O2/c1-19-7-6-10-22(15-19)25-26(21-11-13-30-14-12-21)33-28(34(2)27(25)36)31-18-23(32-24(35)17-29)16-20-8-4-3-5-9-20/h3-15,23H,16-18,29H2,1-2H3,(H,31,33)(H,32,35)/t23-/m0/s1. The van der Waals surface area contributed by atoms with Crippen LogP contribution in [-0.2, 0) is 18.3 Å². The Hall–Kier alpha value is -4.30. The maximum absolute atomic E-state index is 13.6.